The Balaban J connectivity index is 2.06. The first-order valence-corrected chi connectivity index (χ1v) is 40.1. The molecule has 1 amide bonds. The molecule has 0 aromatic rings. The van der Waals surface area contributed by atoms with Crippen molar-refractivity contribution in [3.63, 3.8) is 0 Å². The molecule has 1 aliphatic heterocycles. The maximum absolute atomic E-state index is 13.2. The molecule has 7 atom stereocenters. The van der Waals surface area contributed by atoms with Crippen molar-refractivity contribution in [2.45, 2.75) is 468 Å². The first-order chi connectivity index (χ1) is 43.8. The van der Waals surface area contributed by atoms with Crippen molar-refractivity contribution in [3.05, 3.63) is 24.3 Å². The van der Waals surface area contributed by atoms with Gasteiger partial charge in [-0.15, -0.1) is 0 Å². The highest BCUT2D eigenvalue weighted by molar-refractivity contribution is 5.76. The van der Waals surface area contributed by atoms with Gasteiger partial charge in [0.1, 0.15) is 24.4 Å². The Kier molecular flexibility index (Phi) is 66.9. The number of carbonyl (C=O) groups excluding carboxylic acids is 1. The van der Waals surface area contributed by atoms with Crippen molar-refractivity contribution >= 4 is 5.91 Å². The normalized spacial score (nSPS) is 17.9. The van der Waals surface area contributed by atoms with Gasteiger partial charge in [-0.1, -0.05) is 398 Å². The van der Waals surface area contributed by atoms with Crippen LogP contribution in [0.5, 0.6) is 0 Å². The maximum Gasteiger partial charge on any atom is 0.220 e. The summed E-state index contributed by atoms with van der Waals surface area (Å²) in [5.41, 5.74) is 0. The molecular weight excluding hydrogens is 1100 g/mol. The average Bonchev–Trinajstić information content (AvgIpc) is 2.28. The van der Waals surface area contributed by atoms with E-state index < -0.39 is 49.5 Å². The first-order valence-electron chi connectivity index (χ1n) is 40.1. The monoisotopic (exact) mass is 1260 g/mol. The van der Waals surface area contributed by atoms with Gasteiger partial charge in [-0.05, 0) is 44.9 Å². The topological polar surface area (TPSA) is 149 Å². The van der Waals surface area contributed by atoms with Crippen LogP contribution in [0, 0.1) is 0 Å². The standard InChI is InChI=1S/C80H155NO8/c1-3-5-7-9-11-13-15-17-19-21-23-25-27-29-31-33-35-36-37-38-40-42-44-46-48-50-52-54-56-58-60-62-64-66-68-70-76(84)81-73(72-88-80-79(87)78(86)77(85)75(71-82)89-80)74(83)69-67-65-63-61-59-57-55-53-51-49-47-45-43-41-39-34-32-30-28-26-24-22-20-18-16-14-12-10-8-6-4-2/h21,23,67,69,73-75,77-80,82-83,85-87H,3-20,22,24-66,68,70-72H2,1-2H3,(H,81,84)/b23-21-,69-67+. The Morgan fingerprint density at radius 3 is 0.910 bits per heavy atom. The van der Waals surface area contributed by atoms with E-state index in [9.17, 15) is 30.3 Å². The van der Waals surface area contributed by atoms with Gasteiger partial charge in [-0.3, -0.25) is 4.79 Å². The van der Waals surface area contributed by atoms with E-state index in [0.29, 0.717) is 6.42 Å². The maximum atomic E-state index is 13.2. The summed E-state index contributed by atoms with van der Waals surface area (Å²) < 4.78 is 11.4. The molecule has 1 fully saturated rings. The highest BCUT2D eigenvalue weighted by atomic mass is 16.7. The molecule has 9 heteroatoms. The van der Waals surface area contributed by atoms with Gasteiger partial charge in [0.15, 0.2) is 6.29 Å². The summed E-state index contributed by atoms with van der Waals surface area (Å²) in [6.07, 6.45) is 86.2. The van der Waals surface area contributed by atoms with Gasteiger partial charge in [-0.2, -0.15) is 0 Å². The van der Waals surface area contributed by atoms with Crippen LogP contribution in [0.25, 0.3) is 0 Å². The summed E-state index contributed by atoms with van der Waals surface area (Å²) in [6, 6.07) is -0.804. The molecule has 7 unspecified atom stereocenters. The number of allylic oxidation sites excluding steroid dienone is 3. The summed E-state index contributed by atoms with van der Waals surface area (Å²) >= 11 is 0. The van der Waals surface area contributed by atoms with Crippen LogP contribution in [-0.4, -0.2) is 87.5 Å². The molecule has 6 N–H and O–H groups in total. The number of nitrogens with one attached hydrogen (secondary N) is 1. The largest absolute Gasteiger partial charge is 0.394 e. The summed E-state index contributed by atoms with van der Waals surface area (Å²) in [5, 5.41) is 54.9. The lowest BCUT2D eigenvalue weighted by molar-refractivity contribution is -0.302. The van der Waals surface area contributed by atoms with Crippen LogP contribution in [-0.2, 0) is 14.3 Å². The fraction of sp³-hybridized carbons (Fsp3) is 0.938. The van der Waals surface area contributed by atoms with Gasteiger partial charge in [0.05, 0.1) is 25.4 Å². The van der Waals surface area contributed by atoms with E-state index in [1.807, 2.05) is 6.08 Å². The fourth-order valence-corrected chi connectivity index (χ4v) is 13.3. The van der Waals surface area contributed by atoms with Gasteiger partial charge >= 0.3 is 0 Å². The van der Waals surface area contributed by atoms with E-state index in [-0.39, 0.29) is 12.5 Å². The average molecular weight is 1260 g/mol. The molecule has 0 aliphatic carbocycles. The highest BCUT2D eigenvalue weighted by Gasteiger charge is 2.44. The van der Waals surface area contributed by atoms with Crippen molar-refractivity contribution in [1.29, 1.82) is 0 Å². The number of carbonyl (C=O) groups is 1. The predicted molar refractivity (Wildman–Crippen MR) is 383 cm³/mol. The van der Waals surface area contributed by atoms with Crippen LogP contribution >= 0.6 is 0 Å². The van der Waals surface area contributed by atoms with Gasteiger partial charge in [-0.25, -0.2) is 0 Å². The van der Waals surface area contributed by atoms with Crippen molar-refractivity contribution in [3.8, 4) is 0 Å². The second-order valence-corrected chi connectivity index (χ2v) is 28.2. The van der Waals surface area contributed by atoms with Gasteiger partial charge in [0.2, 0.25) is 5.91 Å². The van der Waals surface area contributed by atoms with Crippen LogP contribution < -0.4 is 5.32 Å². The quantitative estimate of drug-likeness (QED) is 0.0261. The molecule has 89 heavy (non-hydrogen) atoms. The Labute approximate surface area is 553 Å². The molecule has 0 bridgehead atoms. The Bertz CT molecular complexity index is 1460. The van der Waals surface area contributed by atoms with E-state index in [4.69, 9.17) is 9.47 Å². The molecule has 1 saturated heterocycles. The molecule has 1 aliphatic rings. The number of rotatable bonds is 72. The van der Waals surface area contributed by atoms with Crippen molar-refractivity contribution < 1.29 is 39.8 Å². The summed E-state index contributed by atoms with van der Waals surface area (Å²) in [7, 11) is 0. The van der Waals surface area contributed by atoms with Crippen molar-refractivity contribution in [2.24, 2.45) is 0 Å². The molecular formula is C80H155NO8. The SMILES string of the molecule is CCCCCCCCCC/C=C\CCCCCCCCCCCCCCCCCCCCCCCCCC(=O)NC(COC1OC(CO)C(O)C(O)C1O)C(O)/C=C/CCCCCCCCCCCCCCCCCCCCCCCCCCCCCCC. The first kappa shape index (κ1) is 85.7. The van der Waals surface area contributed by atoms with Crippen molar-refractivity contribution in [2.75, 3.05) is 13.2 Å². The Hall–Kier alpha value is -1.33. The molecule has 1 rings (SSSR count). The van der Waals surface area contributed by atoms with E-state index in [0.717, 1.165) is 38.5 Å². The summed E-state index contributed by atoms with van der Waals surface area (Å²) in [6.45, 7) is 3.85. The minimum Gasteiger partial charge on any atom is -0.394 e. The molecule has 1 heterocycles. The van der Waals surface area contributed by atoms with Crippen LogP contribution in [0.1, 0.15) is 425 Å². The van der Waals surface area contributed by atoms with Crippen LogP contribution in [0.3, 0.4) is 0 Å². The van der Waals surface area contributed by atoms with Crippen LogP contribution in [0.2, 0.25) is 0 Å². The van der Waals surface area contributed by atoms with E-state index >= 15 is 0 Å². The lowest BCUT2D eigenvalue weighted by Crippen LogP contribution is -2.60. The lowest BCUT2D eigenvalue weighted by atomic mass is 9.99. The number of hydrogen-bond donors (Lipinski definition) is 6. The van der Waals surface area contributed by atoms with Crippen LogP contribution in [0.15, 0.2) is 24.3 Å². The van der Waals surface area contributed by atoms with Gasteiger partial charge in [0, 0.05) is 6.42 Å². The van der Waals surface area contributed by atoms with Crippen molar-refractivity contribution in [1.82, 2.24) is 5.32 Å². The Morgan fingerprint density at radius 2 is 0.629 bits per heavy atom. The van der Waals surface area contributed by atoms with Gasteiger partial charge in [0.25, 0.3) is 0 Å². The summed E-state index contributed by atoms with van der Waals surface area (Å²) in [5.74, 6) is -0.166. The van der Waals surface area contributed by atoms with E-state index in [1.165, 1.54) is 366 Å². The molecule has 0 radical (unpaired) electrons. The zero-order valence-electron chi connectivity index (χ0n) is 59.5. The Morgan fingerprint density at radius 1 is 0.371 bits per heavy atom. The highest BCUT2D eigenvalue weighted by Crippen LogP contribution is 2.24. The number of aliphatic hydroxyl groups excluding tert-OH is 5. The second-order valence-electron chi connectivity index (χ2n) is 28.2. The van der Waals surface area contributed by atoms with Gasteiger partial charge < -0.3 is 40.3 Å². The lowest BCUT2D eigenvalue weighted by Gasteiger charge is -2.40. The number of ether oxygens (including phenoxy) is 2. The third-order valence-electron chi connectivity index (χ3n) is 19.5. The number of unbranched alkanes of at least 4 members (excludes halogenated alkanes) is 60. The fourth-order valence-electron chi connectivity index (χ4n) is 13.3. The second kappa shape index (κ2) is 69.5. The van der Waals surface area contributed by atoms with E-state index in [1.54, 1.807) is 6.08 Å². The third-order valence-corrected chi connectivity index (χ3v) is 19.5. The minimum atomic E-state index is -1.57. The predicted octanol–water partition coefficient (Wildman–Crippen LogP) is 22.8. The zero-order valence-corrected chi connectivity index (χ0v) is 59.5. The molecule has 0 aromatic carbocycles. The smallest absolute Gasteiger partial charge is 0.220 e. The molecule has 0 aromatic heterocycles. The van der Waals surface area contributed by atoms with Crippen LogP contribution in [0.4, 0.5) is 0 Å². The minimum absolute atomic E-state index is 0.166. The molecule has 0 spiro atoms. The summed E-state index contributed by atoms with van der Waals surface area (Å²) in [4.78, 5) is 13.2. The number of aliphatic hydroxyl groups is 5. The molecule has 9 nitrogen and oxygen atoms in total. The number of hydrogen-bond acceptors (Lipinski definition) is 8. The zero-order chi connectivity index (χ0) is 64.2. The third kappa shape index (κ3) is 57.8. The molecule has 528 valence electrons. The van der Waals surface area contributed by atoms with E-state index in [2.05, 4.69) is 31.3 Å². The molecule has 0 saturated carbocycles. The number of amides is 1.